The molecule has 0 saturated carbocycles. The summed E-state index contributed by atoms with van der Waals surface area (Å²) in [5.41, 5.74) is 4.46. The first-order chi connectivity index (χ1) is 9.88. The highest BCUT2D eigenvalue weighted by molar-refractivity contribution is 6.05. The molecule has 0 bridgehead atoms. The van der Waals surface area contributed by atoms with E-state index < -0.39 is 11.7 Å². The Hall–Kier alpha value is -2.24. The van der Waals surface area contributed by atoms with Crippen LogP contribution in [0.3, 0.4) is 0 Å². The fourth-order valence-electron chi connectivity index (χ4n) is 2.32. The number of carbonyl (C=O) groups is 1. The van der Waals surface area contributed by atoms with Crippen molar-refractivity contribution in [1.82, 2.24) is 5.43 Å². The molecule has 0 saturated heterocycles. The molecule has 6 heteroatoms. The van der Waals surface area contributed by atoms with Gasteiger partial charge in [0.25, 0.3) is 0 Å². The smallest absolute Gasteiger partial charge is 0.427 e. The van der Waals surface area contributed by atoms with Crippen LogP contribution in [0.1, 0.15) is 31.4 Å². The third kappa shape index (κ3) is 3.09. The Bertz CT molecular complexity index is 594. The lowest BCUT2D eigenvalue weighted by Gasteiger charge is -2.34. The molecular weight excluding hydrogens is 272 g/mol. The predicted octanol–water partition coefficient (Wildman–Crippen LogP) is 2.62. The second-order valence-electron chi connectivity index (χ2n) is 5.47. The van der Waals surface area contributed by atoms with Crippen molar-refractivity contribution < 1.29 is 19.0 Å². The van der Waals surface area contributed by atoms with Crippen LogP contribution in [0.5, 0.6) is 11.5 Å². The molecule has 0 aliphatic carbocycles. The Morgan fingerprint density at radius 1 is 1.38 bits per heavy atom. The van der Waals surface area contributed by atoms with E-state index in [2.05, 4.69) is 15.3 Å². The summed E-state index contributed by atoms with van der Waals surface area (Å²) in [5.74, 6) is 1.49. The van der Waals surface area contributed by atoms with Gasteiger partial charge in [-0.2, -0.15) is 5.10 Å². The average Bonchev–Trinajstić information content (AvgIpc) is 2.44. The summed E-state index contributed by atoms with van der Waals surface area (Å²) < 4.78 is 15.9. The van der Waals surface area contributed by atoms with Gasteiger partial charge in [0.15, 0.2) is 0 Å². The molecule has 0 aromatic heterocycles. The molecule has 114 valence electrons. The molecule has 1 aliphatic heterocycles. The molecule has 0 fully saturated rings. The van der Waals surface area contributed by atoms with Crippen LogP contribution in [0.25, 0.3) is 0 Å². The molecule has 1 N–H and O–H groups in total. The second-order valence-corrected chi connectivity index (χ2v) is 5.47. The minimum atomic E-state index is -0.599. The van der Waals surface area contributed by atoms with Crippen LogP contribution in [-0.2, 0) is 4.74 Å². The van der Waals surface area contributed by atoms with Crippen molar-refractivity contribution in [3.05, 3.63) is 23.3 Å². The maximum atomic E-state index is 11.2. The normalized spacial score (nSPS) is 17.7. The van der Waals surface area contributed by atoms with Crippen LogP contribution >= 0.6 is 0 Å². The van der Waals surface area contributed by atoms with Crippen molar-refractivity contribution in [2.45, 2.75) is 32.8 Å². The van der Waals surface area contributed by atoms with E-state index in [-0.39, 0.29) is 0 Å². The first-order valence-corrected chi connectivity index (χ1v) is 6.65. The number of hydrogen-bond acceptors (Lipinski definition) is 5. The summed E-state index contributed by atoms with van der Waals surface area (Å²) in [7, 11) is 2.92. The molecule has 1 aromatic carbocycles. The highest BCUT2D eigenvalue weighted by Crippen LogP contribution is 2.39. The molecule has 21 heavy (non-hydrogen) atoms. The fraction of sp³-hybridized carbons (Fsp3) is 0.467. The average molecular weight is 292 g/mol. The number of nitrogens with zero attached hydrogens (tertiary/aromatic N) is 1. The van der Waals surface area contributed by atoms with E-state index in [0.717, 1.165) is 28.3 Å². The van der Waals surface area contributed by atoms with E-state index in [1.165, 1.54) is 7.11 Å². The third-order valence-corrected chi connectivity index (χ3v) is 3.33. The lowest BCUT2D eigenvalue weighted by atomic mass is 9.91. The monoisotopic (exact) mass is 292 g/mol. The summed E-state index contributed by atoms with van der Waals surface area (Å²) >= 11 is 0. The Morgan fingerprint density at radius 3 is 2.71 bits per heavy atom. The van der Waals surface area contributed by atoms with Gasteiger partial charge in [0.05, 0.1) is 19.9 Å². The van der Waals surface area contributed by atoms with Crippen LogP contribution in [0.4, 0.5) is 4.79 Å². The standard InChI is InChI=1S/C15H20N2O4/c1-9-12(19-4)7-6-10-11(16-17-14(18)20-5)8-15(2,3)21-13(9)10/h6-7H,8H2,1-5H3,(H,17,18)/b16-11+. The summed E-state index contributed by atoms with van der Waals surface area (Å²) in [5, 5.41) is 4.16. The number of nitrogens with one attached hydrogen (secondary N) is 1. The van der Waals surface area contributed by atoms with Crippen LogP contribution in [-0.4, -0.2) is 31.6 Å². The third-order valence-electron chi connectivity index (χ3n) is 3.33. The molecular formula is C15H20N2O4. The number of methoxy groups -OCH3 is 2. The Balaban J connectivity index is 2.47. The number of benzene rings is 1. The van der Waals surface area contributed by atoms with Gasteiger partial charge < -0.3 is 14.2 Å². The van der Waals surface area contributed by atoms with Crippen molar-refractivity contribution in [3.63, 3.8) is 0 Å². The van der Waals surface area contributed by atoms with Crippen molar-refractivity contribution in [3.8, 4) is 11.5 Å². The zero-order valence-electron chi connectivity index (χ0n) is 12.9. The highest BCUT2D eigenvalue weighted by Gasteiger charge is 2.33. The number of hydrazone groups is 1. The Labute approximate surface area is 124 Å². The SMILES string of the molecule is COC(=O)N/N=C1\CC(C)(C)Oc2c1ccc(OC)c2C. The highest BCUT2D eigenvalue weighted by atomic mass is 16.5. The predicted molar refractivity (Wildman–Crippen MR) is 79.1 cm³/mol. The largest absolute Gasteiger partial charge is 0.496 e. The van der Waals surface area contributed by atoms with Crippen molar-refractivity contribution in [1.29, 1.82) is 0 Å². The van der Waals surface area contributed by atoms with E-state index in [1.54, 1.807) is 7.11 Å². The maximum absolute atomic E-state index is 11.2. The number of hydrogen-bond donors (Lipinski definition) is 1. The van der Waals surface area contributed by atoms with E-state index in [1.807, 2.05) is 32.9 Å². The van der Waals surface area contributed by atoms with E-state index in [9.17, 15) is 4.79 Å². The maximum Gasteiger partial charge on any atom is 0.427 e. The number of ether oxygens (including phenoxy) is 3. The van der Waals surface area contributed by atoms with Gasteiger partial charge in [0.2, 0.25) is 0 Å². The van der Waals surface area contributed by atoms with Gasteiger partial charge in [-0.15, -0.1) is 0 Å². The molecule has 0 radical (unpaired) electrons. The van der Waals surface area contributed by atoms with Gasteiger partial charge in [-0.3, -0.25) is 0 Å². The molecule has 0 spiro atoms. The summed E-state index contributed by atoms with van der Waals surface area (Å²) in [6.45, 7) is 5.88. The zero-order valence-corrected chi connectivity index (χ0v) is 12.9. The molecule has 6 nitrogen and oxygen atoms in total. The fourth-order valence-corrected chi connectivity index (χ4v) is 2.32. The van der Waals surface area contributed by atoms with Crippen molar-refractivity contribution in [2.75, 3.05) is 14.2 Å². The first-order valence-electron chi connectivity index (χ1n) is 6.65. The summed E-state index contributed by atoms with van der Waals surface area (Å²) in [6, 6.07) is 3.75. The van der Waals surface area contributed by atoms with Gasteiger partial charge >= 0.3 is 6.09 Å². The van der Waals surface area contributed by atoms with Gasteiger partial charge in [-0.1, -0.05) is 0 Å². The molecule has 0 atom stereocenters. The molecule has 1 aliphatic rings. The van der Waals surface area contributed by atoms with Crippen LogP contribution < -0.4 is 14.9 Å². The lowest BCUT2D eigenvalue weighted by Crippen LogP contribution is -2.37. The quantitative estimate of drug-likeness (QED) is 0.851. The van der Waals surface area contributed by atoms with E-state index in [4.69, 9.17) is 9.47 Å². The lowest BCUT2D eigenvalue weighted by molar-refractivity contribution is 0.109. The Morgan fingerprint density at radius 2 is 2.10 bits per heavy atom. The number of rotatable bonds is 2. The van der Waals surface area contributed by atoms with Gasteiger partial charge in [-0.25, -0.2) is 10.2 Å². The van der Waals surface area contributed by atoms with E-state index in [0.29, 0.717) is 6.42 Å². The molecule has 1 amide bonds. The molecule has 2 rings (SSSR count). The second kappa shape index (κ2) is 5.63. The summed E-state index contributed by atoms with van der Waals surface area (Å²) in [6.07, 6.45) is -0.0194. The van der Waals surface area contributed by atoms with E-state index >= 15 is 0 Å². The molecule has 1 aromatic rings. The number of carbonyl (C=O) groups excluding carboxylic acids is 1. The minimum Gasteiger partial charge on any atom is -0.496 e. The minimum absolute atomic E-state index is 0.416. The van der Waals surface area contributed by atoms with Crippen LogP contribution in [0, 0.1) is 6.92 Å². The number of amides is 1. The van der Waals surface area contributed by atoms with Crippen molar-refractivity contribution >= 4 is 11.8 Å². The van der Waals surface area contributed by atoms with Gasteiger partial charge in [0, 0.05) is 17.5 Å². The van der Waals surface area contributed by atoms with Crippen molar-refractivity contribution in [2.24, 2.45) is 5.10 Å². The molecule has 0 unspecified atom stereocenters. The topological polar surface area (TPSA) is 69.2 Å². The Kier molecular flexibility index (Phi) is 4.06. The van der Waals surface area contributed by atoms with Crippen LogP contribution in [0.2, 0.25) is 0 Å². The zero-order chi connectivity index (χ0) is 15.6. The number of fused-ring (bicyclic) bond motifs is 1. The van der Waals surface area contributed by atoms with Crippen LogP contribution in [0.15, 0.2) is 17.2 Å². The molecule has 1 heterocycles. The summed E-state index contributed by atoms with van der Waals surface area (Å²) in [4.78, 5) is 11.2. The van der Waals surface area contributed by atoms with Gasteiger partial charge in [-0.05, 0) is 32.9 Å². The first kappa shape index (κ1) is 15.2. The van der Waals surface area contributed by atoms with Gasteiger partial charge in [0.1, 0.15) is 17.1 Å².